The fraction of sp³-hybridized carbons (Fsp3) is 0.333. The van der Waals surface area contributed by atoms with E-state index in [9.17, 15) is 0 Å². The van der Waals surface area contributed by atoms with Gasteiger partial charge in [0.2, 0.25) is 0 Å². The minimum Gasteiger partial charge on any atom is -0.359 e. The maximum Gasteiger partial charge on any atom is 0.0381 e. The molecule has 86 valence electrons. The molecule has 0 atom stereocenters. The number of allylic oxidation sites excluding steroid dienone is 2. The van der Waals surface area contributed by atoms with E-state index in [1.54, 1.807) is 0 Å². The summed E-state index contributed by atoms with van der Waals surface area (Å²) in [6.45, 7) is 12.0. The molecular formula is C15H21N. The molecule has 1 nitrogen and oxygen atoms in total. The predicted molar refractivity (Wildman–Crippen MR) is 72.6 cm³/mol. The molecule has 0 aromatic heterocycles. The van der Waals surface area contributed by atoms with Gasteiger partial charge < -0.3 is 5.32 Å². The highest BCUT2D eigenvalue weighted by Gasteiger charge is 1.96. The molecule has 1 N–H and O–H groups in total. The summed E-state index contributed by atoms with van der Waals surface area (Å²) in [5.74, 6) is 0. The molecule has 0 heterocycles. The first-order valence-corrected chi connectivity index (χ1v) is 5.80. The van der Waals surface area contributed by atoms with Crippen molar-refractivity contribution in [3.63, 3.8) is 0 Å². The summed E-state index contributed by atoms with van der Waals surface area (Å²) in [6.07, 6.45) is 3.09. The minimum absolute atomic E-state index is 0.956. The Morgan fingerprint density at radius 2 is 1.81 bits per heavy atom. The van der Waals surface area contributed by atoms with E-state index in [2.05, 4.69) is 56.6 Å². The van der Waals surface area contributed by atoms with Crippen molar-refractivity contribution in [3.8, 4) is 0 Å². The number of benzene rings is 1. The smallest absolute Gasteiger partial charge is 0.0381 e. The van der Waals surface area contributed by atoms with Crippen LogP contribution < -0.4 is 5.32 Å². The molecule has 1 aromatic rings. The minimum atomic E-state index is 0.956. The summed E-state index contributed by atoms with van der Waals surface area (Å²) >= 11 is 0. The molecule has 0 saturated carbocycles. The first-order chi connectivity index (χ1) is 7.61. The fourth-order valence-corrected chi connectivity index (χ4v) is 1.40. The summed E-state index contributed by atoms with van der Waals surface area (Å²) < 4.78 is 0. The van der Waals surface area contributed by atoms with Gasteiger partial charge in [-0.2, -0.15) is 0 Å². The van der Waals surface area contributed by atoms with Gasteiger partial charge in [0.1, 0.15) is 0 Å². The van der Waals surface area contributed by atoms with Gasteiger partial charge in [0, 0.05) is 11.4 Å². The summed E-state index contributed by atoms with van der Waals surface area (Å²) in [6, 6.07) is 8.53. The zero-order valence-corrected chi connectivity index (χ0v) is 10.3. The topological polar surface area (TPSA) is 12.0 Å². The summed E-state index contributed by atoms with van der Waals surface area (Å²) in [5, 5.41) is 3.27. The third-order valence-electron chi connectivity index (χ3n) is 2.54. The zero-order chi connectivity index (χ0) is 12.0. The highest BCUT2D eigenvalue weighted by Crippen LogP contribution is 2.14. The van der Waals surface area contributed by atoms with Crippen LogP contribution in [-0.4, -0.2) is 0 Å². The highest BCUT2D eigenvalue weighted by molar-refractivity contribution is 5.48. The van der Waals surface area contributed by atoms with E-state index in [0.29, 0.717) is 0 Å². The standard InChI is InChI=1S/C15H21N/c1-5-13(4)16-15-10-8-14(9-11-15)7-6-12(2)3/h8-11,16H,2,4-7H2,1,3H3. The molecule has 0 radical (unpaired) electrons. The molecule has 0 aliphatic carbocycles. The molecule has 0 aliphatic rings. The molecular weight excluding hydrogens is 194 g/mol. The van der Waals surface area contributed by atoms with Gasteiger partial charge >= 0.3 is 0 Å². The van der Waals surface area contributed by atoms with Crippen molar-refractivity contribution in [1.82, 2.24) is 0 Å². The van der Waals surface area contributed by atoms with Gasteiger partial charge in [0.25, 0.3) is 0 Å². The SMILES string of the molecule is C=C(C)CCc1ccc(NC(=C)CC)cc1. The van der Waals surface area contributed by atoms with Gasteiger partial charge in [0.05, 0.1) is 0 Å². The largest absolute Gasteiger partial charge is 0.359 e. The second-order valence-electron chi connectivity index (χ2n) is 4.24. The van der Waals surface area contributed by atoms with Crippen molar-refractivity contribution >= 4 is 5.69 Å². The van der Waals surface area contributed by atoms with Crippen LogP contribution in [0.5, 0.6) is 0 Å². The highest BCUT2D eigenvalue weighted by atomic mass is 14.9. The quantitative estimate of drug-likeness (QED) is 0.687. The van der Waals surface area contributed by atoms with Crippen LogP contribution in [0.15, 0.2) is 48.7 Å². The number of hydrogen-bond acceptors (Lipinski definition) is 1. The van der Waals surface area contributed by atoms with E-state index >= 15 is 0 Å². The summed E-state index contributed by atoms with van der Waals surface area (Å²) in [7, 11) is 0. The summed E-state index contributed by atoms with van der Waals surface area (Å²) in [4.78, 5) is 0. The lowest BCUT2D eigenvalue weighted by molar-refractivity contribution is 0.946. The van der Waals surface area contributed by atoms with Gasteiger partial charge in [-0.1, -0.05) is 31.2 Å². The van der Waals surface area contributed by atoms with Crippen LogP contribution in [0.1, 0.15) is 32.3 Å². The normalized spacial score (nSPS) is 9.88. The molecule has 0 unspecified atom stereocenters. The maximum atomic E-state index is 3.93. The van der Waals surface area contributed by atoms with Crippen LogP contribution in [-0.2, 0) is 6.42 Å². The Bertz CT molecular complexity index is 360. The van der Waals surface area contributed by atoms with Gasteiger partial charge in [0.15, 0.2) is 0 Å². The van der Waals surface area contributed by atoms with E-state index in [1.807, 2.05) is 0 Å². The molecule has 1 aromatic carbocycles. The van der Waals surface area contributed by atoms with Crippen LogP contribution in [0.4, 0.5) is 5.69 Å². The Hall–Kier alpha value is -1.50. The van der Waals surface area contributed by atoms with E-state index in [-0.39, 0.29) is 0 Å². The first kappa shape index (κ1) is 12.6. The second-order valence-corrected chi connectivity index (χ2v) is 4.24. The second kappa shape index (κ2) is 6.16. The fourth-order valence-electron chi connectivity index (χ4n) is 1.40. The van der Waals surface area contributed by atoms with Crippen molar-refractivity contribution < 1.29 is 0 Å². The predicted octanol–water partition coefficient (Wildman–Crippen LogP) is 4.53. The maximum absolute atomic E-state index is 3.93. The first-order valence-electron chi connectivity index (χ1n) is 5.80. The number of aryl methyl sites for hydroxylation is 1. The van der Waals surface area contributed by atoms with Crippen LogP contribution in [0.2, 0.25) is 0 Å². The van der Waals surface area contributed by atoms with Gasteiger partial charge in [-0.3, -0.25) is 0 Å². The van der Waals surface area contributed by atoms with Crippen LogP contribution in [0.3, 0.4) is 0 Å². The Morgan fingerprint density at radius 1 is 1.19 bits per heavy atom. The van der Waals surface area contributed by atoms with Crippen LogP contribution in [0, 0.1) is 0 Å². The number of nitrogens with one attached hydrogen (secondary N) is 1. The van der Waals surface area contributed by atoms with Crippen molar-refractivity contribution in [2.75, 3.05) is 5.32 Å². The van der Waals surface area contributed by atoms with E-state index in [1.165, 1.54) is 11.1 Å². The molecule has 0 spiro atoms. The summed E-state index contributed by atoms with van der Waals surface area (Å²) in [5.41, 5.74) is 4.76. The van der Waals surface area contributed by atoms with Gasteiger partial charge in [-0.25, -0.2) is 0 Å². The molecule has 0 aliphatic heterocycles. The Labute approximate surface area is 98.9 Å². The van der Waals surface area contributed by atoms with E-state index in [0.717, 1.165) is 30.6 Å². The van der Waals surface area contributed by atoms with Crippen molar-refractivity contribution in [2.24, 2.45) is 0 Å². The molecule has 0 bridgehead atoms. The lowest BCUT2D eigenvalue weighted by Crippen LogP contribution is -1.96. The van der Waals surface area contributed by atoms with Crippen molar-refractivity contribution in [1.29, 1.82) is 0 Å². The number of hydrogen-bond donors (Lipinski definition) is 1. The Balaban J connectivity index is 2.54. The molecule has 0 saturated heterocycles. The molecule has 1 heteroatoms. The van der Waals surface area contributed by atoms with Gasteiger partial charge in [-0.05, 0) is 43.9 Å². The molecule has 1 rings (SSSR count). The lowest BCUT2D eigenvalue weighted by atomic mass is 10.1. The van der Waals surface area contributed by atoms with Crippen molar-refractivity contribution in [3.05, 3.63) is 54.3 Å². The number of anilines is 1. The van der Waals surface area contributed by atoms with Crippen molar-refractivity contribution in [2.45, 2.75) is 33.1 Å². The molecule has 0 amide bonds. The van der Waals surface area contributed by atoms with E-state index in [4.69, 9.17) is 0 Å². The van der Waals surface area contributed by atoms with Gasteiger partial charge in [-0.15, -0.1) is 6.58 Å². The molecule has 16 heavy (non-hydrogen) atoms. The Kier molecular flexibility index (Phi) is 4.84. The van der Waals surface area contributed by atoms with Crippen LogP contribution >= 0.6 is 0 Å². The van der Waals surface area contributed by atoms with E-state index < -0.39 is 0 Å². The third kappa shape index (κ3) is 4.35. The average molecular weight is 215 g/mol. The monoisotopic (exact) mass is 215 g/mol. The average Bonchev–Trinajstić information content (AvgIpc) is 2.28. The molecule has 0 fully saturated rings. The lowest BCUT2D eigenvalue weighted by Gasteiger charge is -2.08. The Morgan fingerprint density at radius 3 is 2.31 bits per heavy atom. The van der Waals surface area contributed by atoms with Crippen LogP contribution in [0.25, 0.3) is 0 Å². The number of rotatable bonds is 6. The zero-order valence-electron chi connectivity index (χ0n) is 10.3. The third-order valence-corrected chi connectivity index (χ3v) is 2.54.